The lowest BCUT2D eigenvalue weighted by molar-refractivity contribution is 0.479. The van der Waals surface area contributed by atoms with Gasteiger partial charge < -0.3 is 5.32 Å². The van der Waals surface area contributed by atoms with Gasteiger partial charge in [-0.2, -0.15) is 0 Å². The maximum Gasteiger partial charge on any atom is 0.254 e. The highest BCUT2D eigenvalue weighted by Gasteiger charge is 2.32. The van der Waals surface area contributed by atoms with Gasteiger partial charge in [-0.15, -0.1) is 0 Å². The van der Waals surface area contributed by atoms with Crippen LogP contribution in [0.5, 0.6) is 0 Å². The second-order valence-corrected chi connectivity index (χ2v) is 10.0. The first-order chi connectivity index (χ1) is 12.2. The number of rotatable bonds is 5. The third kappa shape index (κ3) is 3.86. The maximum absolute atomic E-state index is 12.6. The predicted octanol–water partition coefficient (Wildman–Crippen LogP) is 3.99. The molecule has 0 aliphatic heterocycles. The summed E-state index contributed by atoms with van der Waals surface area (Å²) in [4.78, 5) is 12.3. The number of aromatic nitrogens is 1. The van der Waals surface area contributed by atoms with E-state index in [0.717, 1.165) is 9.99 Å². The molecule has 2 aromatic rings. The van der Waals surface area contributed by atoms with Crippen molar-refractivity contribution in [2.45, 2.75) is 31.4 Å². The minimum Gasteiger partial charge on any atom is -0.339 e. The first-order valence-electron chi connectivity index (χ1n) is 8.13. The topological polar surface area (TPSA) is 80.2 Å². The molecule has 2 N–H and O–H groups in total. The number of pyridine rings is 1. The van der Waals surface area contributed by atoms with Crippen molar-refractivity contribution in [2.24, 2.45) is 7.05 Å². The Morgan fingerprint density at radius 1 is 1.23 bits per heavy atom. The molecular weight excluding hydrogens is 489 g/mol. The Morgan fingerprint density at radius 3 is 2.50 bits per heavy atom. The number of benzene rings is 1. The summed E-state index contributed by atoms with van der Waals surface area (Å²) in [5, 5.41) is 3.21. The highest BCUT2D eigenvalue weighted by molar-refractivity contribution is 14.1. The molecule has 6 nitrogen and oxygen atoms in total. The molecule has 0 unspecified atom stereocenters. The Bertz CT molecular complexity index is 1020. The van der Waals surface area contributed by atoms with Gasteiger partial charge in [-0.25, -0.2) is 8.42 Å². The van der Waals surface area contributed by atoms with Crippen LogP contribution in [-0.2, 0) is 17.1 Å². The van der Waals surface area contributed by atoms with Crippen LogP contribution in [0.25, 0.3) is 0 Å². The molecular formula is C17H19ClIN3O3S. The summed E-state index contributed by atoms with van der Waals surface area (Å²) in [6.07, 6.45) is 2.23. The van der Waals surface area contributed by atoms with Crippen LogP contribution in [0, 0.1) is 10.5 Å². The number of halogens is 2. The average molecular weight is 508 g/mol. The second kappa shape index (κ2) is 7.40. The summed E-state index contributed by atoms with van der Waals surface area (Å²) >= 11 is 8.43. The molecule has 26 heavy (non-hydrogen) atoms. The summed E-state index contributed by atoms with van der Waals surface area (Å²) < 4.78 is 30.1. The minimum atomic E-state index is -3.49. The van der Waals surface area contributed by atoms with Gasteiger partial charge >= 0.3 is 0 Å². The molecule has 0 spiro atoms. The lowest BCUT2D eigenvalue weighted by atomic mass is 10.0. The number of hydrogen-bond acceptors (Lipinski definition) is 4. The Labute approximate surface area is 171 Å². The minimum absolute atomic E-state index is 0.208. The van der Waals surface area contributed by atoms with Gasteiger partial charge in [0.05, 0.1) is 21.6 Å². The van der Waals surface area contributed by atoms with E-state index in [-0.39, 0.29) is 10.8 Å². The van der Waals surface area contributed by atoms with Crippen LogP contribution in [-0.4, -0.2) is 18.2 Å². The van der Waals surface area contributed by atoms with Crippen LogP contribution in [0.1, 0.15) is 24.8 Å². The molecule has 1 aromatic carbocycles. The van der Waals surface area contributed by atoms with Crippen LogP contribution in [0.3, 0.4) is 0 Å². The van der Waals surface area contributed by atoms with E-state index in [0.29, 0.717) is 40.6 Å². The van der Waals surface area contributed by atoms with Crippen molar-refractivity contribution in [3.05, 3.63) is 48.8 Å². The number of sulfonamides is 1. The summed E-state index contributed by atoms with van der Waals surface area (Å²) in [5.74, 6) is 0.353. The lowest BCUT2D eigenvalue weighted by Crippen LogP contribution is -2.34. The zero-order valence-electron chi connectivity index (χ0n) is 14.3. The Kier molecular flexibility index (Phi) is 5.55. The molecule has 140 valence electrons. The van der Waals surface area contributed by atoms with Crippen molar-refractivity contribution < 1.29 is 8.42 Å². The molecule has 1 aliphatic carbocycles. The van der Waals surface area contributed by atoms with Crippen molar-refractivity contribution >= 4 is 61.4 Å². The van der Waals surface area contributed by atoms with Crippen LogP contribution < -0.4 is 15.6 Å². The van der Waals surface area contributed by atoms with Gasteiger partial charge in [-0.3, -0.25) is 14.1 Å². The number of hydrogen-bond donors (Lipinski definition) is 2. The van der Waals surface area contributed by atoms with E-state index >= 15 is 0 Å². The van der Waals surface area contributed by atoms with Gasteiger partial charge in [0.1, 0.15) is 5.82 Å². The molecule has 0 bridgehead atoms. The molecule has 0 saturated heterocycles. The molecule has 0 radical (unpaired) electrons. The molecule has 1 fully saturated rings. The summed E-state index contributed by atoms with van der Waals surface area (Å²) in [6.45, 7) is 1.66. The zero-order valence-corrected chi connectivity index (χ0v) is 18.1. The highest BCUT2D eigenvalue weighted by Crippen LogP contribution is 2.33. The quantitative estimate of drug-likeness (QED) is 0.600. The van der Waals surface area contributed by atoms with Gasteiger partial charge in [0, 0.05) is 16.2 Å². The van der Waals surface area contributed by atoms with E-state index in [1.807, 2.05) is 6.07 Å². The van der Waals surface area contributed by atoms with Crippen molar-refractivity contribution in [3.8, 4) is 0 Å². The van der Waals surface area contributed by atoms with Crippen molar-refractivity contribution in [1.29, 1.82) is 0 Å². The van der Waals surface area contributed by atoms with Crippen LogP contribution in [0.15, 0.2) is 29.1 Å². The lowest BCUT2D eigenvalue weighted by Gasteiger charge is -2.27. The van der Waals surface area contributed by atoms with E-state index in [9.17, 15) is 13.2 Å². The fourth-order valence-electron chi connectivity index (χ4n) is 2.76. The van der Waals surface area contributed by atoms with Gasteiger partial charge in [0.25, 0.3) is 5.56 Å². The summed E-state index contributed by atoms with van der Waals surface area (Å²) in [5.41, 5.74) is 1.18. The van der Waals surface area contributed by atoms with Gasteiger partial charge in [0.2, 0.25) is 10.0 Å². The van der Waals surface area contributed by atoms with E-state index in [1.54, 1.807) is 32.2 Å². The monoisotopic (exact) mass is 507 g/mol. The molecule has 1 aromatic heterocycles. The Morgan fingerprint density at radius 2 is 1.92 bits per heavy atom. The van der Waals surface area contributed by atoms with E-state index in [4.69, 9.17) is 11.6 Å². The molecule has 9 heteroatoms. The molecule has 0 amide bonds. The normalized spacial score (nSPS) is 14.8. The first-order valence-corrected chi connectivity index (χ1v) is 11.1. The molecule has 1 saturated carbocycles. The zero-order chi connectivity index (χ0) is 19.1. The maximum atomic E-state index is 12.6. The third-order valence-electron chi connectivity index (χ3n) is 4.52. The molecule has 1 aliphatic rings. The molecule has 0 atom stereocenters. The largest absolute Gasteiger partial charge is 0.339 e. The van der Waals surface area contributed by atoms with E-state index in [2.05, 4.69) is 32.6 Å². The van der Waals surface area contributed by atoms with Crippen LogP contribution >= 0.6 is 34.2 Å². The summed E-state index contributed by atoms with van der Waals surface area (Å²) in [7, 11) is -1.90. The van der Waals surface area contributed by atoms with Crippen molar-refractivity contribution in [3.63, 3.8) is 0 Å². The number of nitrogens with one attached hydrogen (secondary N) is 2. The smallest absolute Gasteiger partial charge is 0.254 e. The Balaban J connectivity index is 2.05. The van der Waals surface area contributed by atoms with Crippen molar-refractivity contribution in [1.82, 2.24) is 4.57 Å². The standard InChI is InChI=1S/C17H19ClIN3O3S/c1-10-8-15(21-26(24,25)12-4-3-5-12)16(22(2)17(10)23)20-14-7-6-11(19)9-13(14)18/h6-9,12,20-21H,3-5H2,1-2H3. The van der Waals surface area contributed by atoms with Crippen molar-refractivity contribution in [2.75, 3.05) is 10.0 Å². The molecule has 3 rings (SSSR count). The molecule has 1 heterocycles. The van der Waals surface area contributed by atoms with Crippen LogP contribution in [0.2, 0.25) is 5.02 Å². The number of aryl methyl sites for hydroxylation is 1. The van der Waals surface area contributed by atoms with Crippen LogP contribution in [0.4, 0.5) is 17.2 Å². The van der Waals surface area contributed by atoms with E-state index < -0.39 is 10.0 Å². The summed E-state index contributed by atoms with van der Waals surface area (Å²) in [6, 6.07) is 7.01. The highest BCUT2D eigenvalue weighted by atomic mass is 127. The Hall–Kier alpha value is -1.26. The first kappa shape index (κ1) is 19.5. The van der Waals surface area contributed by atoms with E-state index in [1.165, 1.54) is 4.57 Å². The average Bonchev–Trinajstić information content (AvgIpc) is 2.48. The SMILES string of the molecule is Cc1cc(NS(=O)(=O)C2CCC2)c(Nc2ccc(I)cc2Cl)n(C)c1=O. The second-order valence-electron chi connectivity index (χ2n) is 6.40. The predicted molar refractivity (Wildman–Crippen MR) is 114 cm³/mol. The van der Waals surface area contributed by atoms with Gasteiger partial charge in [-0.1, -0.05) is 18.0 Å². The third-order valence-corrected chi connectivity index (χ3v) is 7.36. The fourth-order valence-corrected chi connectivity index (χ4v) is 5.24. The van der Waals surface area contributed by atoms with Gasteiger partial charge in [0.15, 0.2) is 0 Å². The fraction of sp³-hybridized carbons (Fsp3) is 0.353. The van der Waals surface area contributed by atoms with Gasteiger partial charge in [-0.05, 0) is 66.6 Å². The number of anilines is 3. The number of nitrogens with zero attached hydrogens (tertiary/aromatic N) is 1.